The fraction of sp³-hybridized carbons (Fsp3) is 0.429. The van der Waals surface area contributed by atoms with E-state index in [4.69, 9.17) is 11.6 Å². The summed E-state index contributed by atoms with van der Waals surface area (Å²) in [6.07, 6.45) is 0. The fourth-order valence-corrected chi connectivity index (χ4v) is 2.57. The molecule has 1 aliphatic rings. The Labute approximate surface area is 133 Å². The Kier molecular flexibility index (Phi) is 4.35. The maximum Gasteiger partial charge on any atom is 0.246 e. The van der Waals surface area contributed by atoms with E-state index in [0.29, 0.717) is 17.4 Å². The molecule has 22 heavy (non-hydrogen) atoms. The van der Waals surface area contributed by atoms with Crippen LogP contribution < -0.4 is 5.32 Å². The number of benzene rings is 1. The third-order valence-electron chi connectivity index (χ3n) is 3.65. The lowest BCUT2D eigenvalue weighted by molar-refractivity contribution is -0.135. The Bertz CT molecular complexity index is 656. The molecule has 0 aliphatic carbocycles. The number of amides is 1. The summed E-state index contributed by atoms with van der Waals surface area (Å²) in [5, 5.41) is 16.1. The van der Waals surface area contributed by atoms with Gasteiger partial charge in [0.05, 0.1) is 0 Å². The van der Waals surface area contributed by atoms with Gasteiger partial charge in [-0.05, 0) is 36.4 Å². The molecule has 1 aromatic heterocycles. The van der Waals surface area contributed by atoms with E-state index in [0.717, 1.165) is 18.7 Å². The van der Waals surface area contributed by atoms with Gasteiger partial charge in [-0.25, -0.2) is 0 Å². The number of hydrogen-bond donors (Lipinski definition) is 1. The number of aromatic nitrogens is 4. The average molecular weight is 321 g/mol. The molecule has 1 saturated heterocycles. The number of piperazine rings is 1. The van der Waals surface area contributed by atoms with Gasteiger partial charge in [0, 0.05) is 36.3 Å². The number of nitrogens with one attached hydrogen (secondary N) is 1. The molecule has 2 aromatic rings. The molecule has 7 nitrogen and oxygen atoms in total. The van der Waals surface area contributed by atoms with E-state index in [1.54, 1.807) is 12.1 Å². The molecule has 0 radical (unpaired) electrons. The van der Waals surface area contributed by atoms with Gasteiger partial charge >= 0.3 is 0 Å². The highest BCUT2D eigenvalue weighted by atomic mass is 35.5. The predicted molar refractivity (Wildman–Crippen MR) is 82.3 cm³/mol. The van der Waals surface area contributed by atoms with E-state index in [1.807, 2.05) is 24.0 Å². The molecule has 1 amide bonds. The van der Waals surface area contributed by atoms with Gasteiger partial charge in [-0.2, -0.15) is 4.80 Å². The Morgan fingerprint density at radius 2 is 2.18 bits per heavy atom. The van der Waals surface area contributed by atoms with Gasteiger partial charge in [0.25, 0.3) is 0 Å². The van der Waals surface area contributed by atoms with E-state index in [-0.39, 0.29) is 18.5 Å². The SMILES string of the molecule is C[C@@H]1CNCCN1C(=O)Cn1nnc(-c2ccc(Cl)cc2)n1. The highest BCUT2D eigenvalue weighted by Gasteiger charge is 2.23. The highest BCUT2D eigenvalue weighted by Crippen LogP contribution is 2.17. The van der Waals surface area contributed by atoms with Gasteiger partial charge in [0.2, 0.25) is 11.7 Å². The minimum Gasteiger partial charge on any atom is -0.336 e. The van der Waals surface area contributed by atoms with Crippen LogP contribution in [-0.2, 0) is 11.3 Å². The van der Waals surface area contributed by atoms with Crippen molar-refractivity contribution in [2.24, 2.45) is 0 Å². The van der Waals surface area contributed by atoms with Crippen LogP contribution in [0.1, 0.15) is 6.92 Å². The Morgan fingerprint density at radius 3 is 2.91 bits per heavy atom. The zero-order valence-electron chi connectivity index (χ0n) is 12.2. The third kappa shape index (κ3) is 3.26. The van der Waals surface area contributed by atoms with E-state index < -0.39 is 0 Å². The van der Waals surface area contributed by atoms with Crippen LogP contribution >= 0.6 is 11.6 Å². The van der Waals surface area contributed by atoms with Gasteiger partial charge < -0.3 is 10.2 Å². The molecule has 2 heterocycles. The molecule has 3 rings (SSSR count). The van der Waals surface area contributed by atoms with Crippen molar-refractivity contribution >= 4 is 17.5 Å². The summed E-state index contributed by atoms with van der Waals surface area (Å²) >= 11 is 5.86. The minimum absolute atomic E-state index is 0.00839. The van der Waals surface area contributed by atoms with Crippen molar-refractivity contribution in [2.45, 2.75) is 19.5 Å². The molecule has 8 heteroatoms. The molecular formula is C14H17ClN6O. The highest BCUT2D eigenvalue weighted by molar-refractivity contribution is 6.30. The summed E-state index contributed by atoms with van der Waals surface area (Å²) in [6.45, 7) is 4.46. The van der Waals surface area contributed by atoms with Gasteiger partial charge in [-0.15, -0.1) is 10.2 Å². The molecular weight excluding hydrogens is 304 g/mol. The zero-order chi connectivity index (χ0) is 15.5. The molecule has 116 valence electrons. The molecule has 1 aliphatic heterocycles. The van der Waals surface area contributed by atoms with Crippen LogP contribution in [-0.4, -0.2) is 56.7 Å². The quantitative estimate of drug-likeness (QED) is 0.906. The average Bonchev–Trinajstić information content (AvgIpc) is 2.97. The van der Waals surface area contributed by atoms with E-state index in [2.05, 4.69) is 20.7 Å². The number of carbonyl (C=O) groups excluding carboxylic acids is 1. The van der Waals surface area contributed by atoms with Crippen molar-refractivity contribution < 1.29 is 4.79 Å². The summed E-state index contributed by atoms with van der Waals surface area (Å²) < 4.78 is 0. The number of nitrogens with zero attached hydrogens (tertiary/aromatic N) is 5. The number of tetrazole rings is 1. The molecule has 1 N–H and O–H groups in total. The number of halogens is 1. The molecule has 1 fully saturated rings. The lowest BCUT2D eigenvalue weighted by Crippen LogP contribution is -2.53. The smallest absolute Gasteiger partial charge is 0.246 e. The first kappa shape index (κ1) is 14.9. The Balaban J connectivity index is 1.68. The van der Waals surface area contributed by atoms with Gasteiger partial charge in [-0.1, -0.05) is 11.6 Å². The first-order valence-corrected chi connectivity index (χ1v) is 7.55. The number of carbonyl (C=O) groups is 1. The minimum atomic E-state index is 0.00839. The standard InChI is InChI=1S/C14H17ClN6O/c1-10-8-16-6-7-20(10)13(22)9-21-18-14(17-19-21)11-2-4-12(15)5-3-11/h2-5,10,16H,6-9H2,1H3/t10-/m1/s1. The maximum atomic E-state index is 12.3. The first-order chi connectivity index (χ1) is 10.6. The van der Waals surface area contributed by atoms with Crippen LogP contribution in [0.25, 0.3) is 11.4 Å². The molecule has 1 aromatic carbocycles. The van der Waals surface area contributed by atoms with Crippen LogP contribution in [0.3, 0.4) is 0 Å². The summed E-state index contributed by atoms with van der Waals surface area (Å²) in [6, 6.07) is 7.37. The van der Waals surface area contributed by atoms with Crippen molar-refractivity contribution in [3.8, 4) is 11.4 Å². The second kappa shape index (κ2) is 6.41. The van der Waals surface area contributed by atoms with Crippen molar-refractivity contribution in [1.29, 1.82) is 0 Å². The van der Waals surface area contributed by atoms with E-state index in [1.165, 1.54) is 4.80 Å². The van der Waals surface area contributed by atoms with Crippen molar-refractivity contribution in [1.82, 2.24) is 30.4 Å². The lowest BCUT2D eigenvalue weighted by atomic mass is 10.2. The van der Waals surface area contributed by atoms with Crippen LogP contribution in [0.15, 0.2) is 24.3 Å². The largest absolute Gasteiger partial charge is 0.336 e. The molecule has 0 bridgehead atoms. The lowest BCUT2D eigenvalue weighted by Gasteiger charge is -2.33. The molecule has 0 unspecified atom stereocenters. The van der Waals surface area contributed by atoms with Crippen LogP contribution in [0.2, 0.25) is 5.02 Å². The zero-order valence-corrected chi connectivity index (χ0v) is 13.0. The second-order valence-electron chi connectivity index (χ2n) is 5.29. The number of hydrogen-bond acceptors (Lipinski definition) is 5. The summed E-state index contributed by atoms with van der Waals surface area (Å²) in [5.74, 6) is 0.492. The van der Waals surface area contributed by atoms with Crippen molar-refractivity contribution in [3.63, 3.8) is 0 Å². The summed E-state index contributed by atoms with van der Waals surface area (Å²) in [5.41, 5.74) is 0.818. The van der Waals surface area contributed by atoms with Gasteiger partial charge in [0.15, 0.2) is 0 Å². The van der Waals surface area contributed by atoms with Gasteiger partial charge in [-0.3, -0.25) is 4.79 Å². The number of rotatable bonds is 3. The van der Waals surface area contributed by atoms with Crippen molar-refractivity contribution in [2.75, 3.05) is 19.6 Å². The first-order valence-electron chi connectivity index (χ1n) is 7.17. The maximum absolute atomic E-state index is 12.3. The Morgan fingerprint density at radius 1 is 1.41 bits per heavy atom. The molecule has 0 spiro atoms. The van der Waals surface area contributed by atoms with Crippen molar-refractivity contribution in [3.05, 3.63) is 29.3 Å². The normalized spacial score (nSPS) is 18.5. The fourth-order valence-electron chi connectivity index (χ4n) is 2.45. The topological polar surface area (TPSA) is 75.9 Å². The van der Waals surface area contributed by atoms with Crippen LogP contribution in [0.4, 0.5) is 0 Å². The third-order valence-corrected chi connectivity index (χ3v) is 3.91. The van der Waals surface area contributed by atoms with E-state index >= 15 is 0 Å². The second-order valence-corrected chi connectivity index (χ2v) is 5.73. The van der Waals surface area contributed by atoms with E-state index in [9.17, 15) is 4.79 Å². The summed E-state index contributed by atoms with van der Waals surface area (Å²) in [4.78, 5) is 15.5. The van der Waals surface area contributed by atoms with Gasteiger partial charge in [0.1, 0.15) is 6.54 Å². The van der Waals surface area contributed by atoms with Crippen LogP contribution in [0.5, 0.6) is 0 Å². The Hall–Kier alpha value is -1.99. The molecule has 1 atom stereocenters. The predicted octanol–water partition coefficient (Wildman–Crippen LogP) is 0.814. The molecule has 0 saturated carbocycles. The monoisotopic (exact) mass is 320 g/mol. The van der Waals surface area contributed by atoms with Crippen LogP contribution in [0, 0.1) is 0 Å². The summed E-state index contributed by atoms with van der Waals surface area (Å²) in [7, 11) is 0.